The molecule has 0 bridgehead atoms. The third kappa shape index (κ3) is 740. The predicted octanol–water partition coefficient (Wildman–Crippen LogP) is 18.4. The van der Waals surface area contributed by atoms with Gasteiger partial charge in [0.1, 0.15) is 13.3 Å². The fourth-order valence-electron chi connectivity index (χ4n) is 1.73. The normalized spacial score (nSPS) is 6.39. The number of thioether (sulfide) groups is 1. The van der Waals surface area contributed by atoms with Crippen LogP contribution < -0.4 is 31.9 Å². The first-order valence-corrected chi connectivity index (χ1v) is 20.1. The maximum atomic E-state index is 7.33. The molecule has 0 unspecified atom stereocenters. The van der Waals surface area contributed by atoms with E-state index < -0.39 is 0 Å². The van der Waals surface area contributed by atoms with Gasteiger partial charge in [0, 0.05) is 19.8 Å². The van der Waals surface area contributed by atoms with Crippen LogP contribution in [0.1, 0.15) is 226 Å². The zero-order valence-corrected chi connectivity index (χ0v) is 43.8. The van der Waals surface area contributed by atoms with Crippen LogP contribution in [-0.2, 0) is 4.74 Å². The molecule has 0 aliphatic carbocycles. The Morgan fingerprint density at radius 3 is 0.805 bits per heavy atom. The minimum atomic E-state index is 0. The second kappa shape index (κ2) is 243. The molecule has 12 nitrogen and oxygen atoms in total. The maximum Gasteiger partial charge on any atom is 0.182 e. The molecule has 0 saturated carbocycles. The van der Waals surface area contributed by atoms with Crippen molar-refractivity contribution in [3.63, 3.8) is 0 Å². The summed E-state index contributed by atoms with van der Waals surface area (Å²) >= 11 is 1.86. The summed E-state index contributed by atoms with van der Waals surface area (Å²) < 4.78 is 8.14. The Balaban J connectivity index is -0.00000000700. The van der Waals surface area contributed by atoms with Gasteiger partial charge in [-0.05, 0) is 73.6 Å². The lowest BCUT2D eigenvalue weighted by Gasteiger charge is -2.28. The summed E-state index contributed by atoms with van der Waals surface area (Å²) in [6, 6.07) is 0. The smallest absolute Gasteiger partial charge is 0.182 e. The molecule has 9 N–H and O–H groups in total. The Morgan fingerprint density at radius 1 is 0.506 bits per heavy atom. The summed E-state index contributed by atoms with van der Waals surface area (Å²) in [5.41, 5.74) is 0. The van der Waals surface area contributed by atoms with E-state index in [0.29, 0.717) is 0 Å². The Bertz CT molecular complexity index is 482. The highest BCUT2D eigenvalue weighted by molar-refractivity contribution is 7.98. The summed E-state index contributed by atoms with van der Waals surface area (Å²) in [6.07, 6.45) is 2.85. The number of hydrogen-bond acceptors (Lipinski definition) is 8. The standard InChI is InChI=1S/C7H19N2.C6H16NO.C5H14N.2C4H12N2.2C3H9N.C3H8S.C2H4O.23CH4.4CH3/c1-6-8(2)7-9(3,4)5;1-5-8-6-7(2,3)4;1-5-6(2,3)4;2*1-3-6-4-5-2;3*1-3-4-2;1-2-3;;;;;;;;;;;;;;;;;;;;;;;;;;;/h6-7H2,1-5H3;5-6H2,1-4H3;5H2,1-4H3;2*5-6H,3-4H2,1-2H3;2*4H,3H2,1-2H3;3H2,1-2H3;2-3H,1H2;23*1H4;4*1H3/q3*+1;;;;;;;;;;;;;;;;;;;;;;;;;;;;;;4*-1/p+2. The molecule has 0 aliphatic rings. The van der Waals surface area contributed by atoms with E-state index in [0.717, 1.165) is 79.2 Å². The van der Waals surface area contributed by atoms with Gasteiger partial charge >= 0.3 is 0 Å². The van der Waals surface area contributed by atoms with Gasteiger partial charge in [0.25, 0.3) is 0 Å². The van der Waals surface area contributed by atoms with Crippen LogP contribution in [0, 0.1) is 29.7 Å². The Morgan fingerprint density at radius 2 is 0.753 bits per heavy atom. The molecule has 0 aromatic rings. The number of nitrogens with one attached hydrogen (secondary N) is 4. The number of quaternary nitrogens is 5. The van der Waals surface area contributed by atoms with Crippen molar-refractivity contribution in [3.05, 3.63) is 42.5 Å². The summed E-state index contributed by atoms with van der Waals surface area (Å²) in [5, 5.41) is 23.7. The first-order valence-electron chi connectivity index (χ1n) is 18.7. The van der Waals surface area contributed by atoms with E-state index in [1.807, 2.05) is 39.8 Å². The van der Waals surface area contributed by atoms with Crippen LogP contribution in [0.5, 0.6) is 0 Å². The molecule has 532 valence electrons. The van der Waals surface area contributed by atoms with Crippen molar-refractivity contribution >= 4 is 11.8 Å². The molecule has 0 radical (unpaired) electrons. The first kappa shape index (κ1) is 266. The number of ether oxygens (including phenoxy) is 1. The van der Waals surface area contributed by atoms with Crippen LogP contribution in [0.15, 0.2) is 12.8 Å². The van der Waals surface area contributed by atoms with Crippen molar-refractivity contribution in [3.8, 4) is 0 Å². The van der Waals surface area contributed by atoms with Gasteiger partial charge in [-0.2, -0.15) is 11.8 Å². The third-order valence-electron chi connectivity index (χ3n) is 5.04. The van der Waals surface area contributed by atoms with E-state index in [9.17, 15) is 0 Å². The van der Waals surface area contributed by atoms with Gasteiger partial charge < -0.3 is 79.6 Å². The number of nitrogens with zero attached hydrogens (tertiary/aromatic N) is 4. The van der Waals surface area contributed by atoms with E-state index in [2.05, 4.69) is 176 Å². The van der Waals surface area contributed by atoms with E-state index in [-0.39, 0.29) is 201 Å². The molecule has 0 aliphatic heterocycles. The van der Waals surface area contributed by atoms with Crippen LogP contribution in [0.4, 0.5) is 0 Å². The van der Waals surface area contributed by atoms with Crippen molar-refractivity contribution in [1.29, 1.82) is 0 Å². The second-order valence-corrected chi connectivity index (χ2v) is 14.9. The fraction of sp³-hybridized carbons (Fsp3) is 0.906. The Hall–Kier alpha value is -0.550. The lowest BCUT2D eigenvalue weighted by atomic mass is 10.6. The highest BCUT2D eigenvalue weighted by atomic mass is 32.2. The van der Waals surface area contributed by atoms with Crippen molar-refractivity contribution in [2.75, 3.05) is 183 Å². The molecule has 13 heteroatoms. The summed E-state index contributed by atoms with van der Waals surface area (Å²) in [5.74, 6) is 1.24. The highest BCUT2D eigenvalue weighted by Crippen LogP contribution is 1.92. The van der Waals surface area contributed by atoms with Crippen molar-refractivity contribution in [2.24, 2.45) is 0 Å². The number of nitrogens with two attached hydrogens (primary N) is 2. The Labute approximate surface area is 521 Å². The average molecular weight is 1180 g/mol. The largest absolute Gasteiger partial charge is 0.516 e. The molecular weight excluding hydrogens is 973 g/mol. The zero-order chi connectivity index (χ0) is 41.9. The van der Waals surface area contributed by atoms with Crippen LogP contribution in [0.25, 0.3) is 0 Å². The van der Waals surface area contributed by atoms with Gasteiger partial charge in [0.2, 0.25) is 0 Å². The van der Waals surface area contributed by atoms with E-state index >= 15 is 0 Å². The molecule has 0 aromatic heterocycles. The molecular formula is C64H209N10O2S+. The van der Waals surface area contributed by atoms with Crippen molar-refractivity contribution in [2.45, 2.75) is 226 Å². The van der Waals surface area contributed by atoms with Crippen molar-refractivity contribution in [1.82, 2.24) is 26.2 Å². The lowest BCUT2D eigenvalue weighted by molar-refractivity contribution is -0.890. The average Bonchev–Trinajstić information content (AvgIpc) is 3.05. The van der Waals surface area contributed by atoms with Crippen LogP contribution in [0.2, 0.25) is 0 Å². The fourth-order valence-corrected chi connectivity index (χ4v) is 1.73. The zero-order valence-electron chi connectivity index (χ0n) is 43.0. The van der Waals surface area contributed by atoms with Gasteiger partial charge in [-0.25, -0.2) is 0 Å². The van der Waals surface area contributed by atoms with Gasteiger partial charge in [0.05, 0.1) is 96.9 Å². The van der Waals surface area contributed by atoms with Gasteiger partial charge in [-0.1, -0.05) is 212 Å². The summed E-state index contributed by atoms with van der Waals surface area (Å²) in [4.78, 5) is 2.31. The second-order valence-electron chi connectivity index (χ2n) is 13.8. The van der Waals surface area contributed by atoms with E-state index in [4.69, 9.17) is 9.84 Å². The first-order chi connectivity index (χ1) is 23.1. The number of rotatable bonds is 16. The monoisotopic (exact) mass is 1180 g/mol. The van der Waals surface area contributed by atoms with Crippen LogP contribution in [-0.4, -0.2) is 207 Å². The van der Waals surface area contributed by atoms with Gasteiger partial charge in [-0.3, -0.25) is 10.2 Å². The molecule has 0 aromatic carbocycles. The molecule has 0 spiro atoms. The molecule has 0 saturated heterocycles. The minimum Gasteiger partial charge on any atom is -0.516 e. The minimum absolute atomic E-state index is 0. The molecule has 0 fully saturated rings. The topological polar surface area (TPSA) is 114 Å². The number of aliphatic hydroxyl groups is 1. The molecule has 0 atom stereocenters. The molecule has 0 amide bonds. The van der Waals surface area contributed by atoms with Crippen molar-refractivity contribution < 1.29 is 33.9 Å². The SMILES string of the molecule is C.C.C.C.C.C.C.C.C.C.C.C.C.C.C.C.C.C.C.C.C.C.C.C=CO.CCN(C)C[N+](C)(C)C.CCNC.CCNCNC.CCNC[NH2+]C.CCOC[N+](C)(C)C.CCSC.CC[N+](C)(C)C.CC[NH2+]C.[CH3-].[CH3-].[CH3-].[CH3-]. The Kier molecular flexibility index (Phi) is 841. The van der Waals surface area contributed by atoms with Gasteiger partial charge in [0.15, 0.2) is 6.73 Å². The highest BCUT2D eigenvalue weighted by Gasteiger charge is 2.08. The van der Waals surface area contributed by atoms with Gasteiger partial charge in [-0.15, -0.1) is 0 Å². The molecule has 77 heavy (non-hydrogen) atoms. The molecule has 0 heterocycles. The quantitative estimate of drug-likeness (QED) is 0.0269. The van der Waals surface area contributed by atoms with Crippen LogP contribution >= 0.6 is 11.8 Å². The van der Waals surface area contributed by atoms with Crippen LogP contribution in [0.3, 0.4) is 0 Å². The lowest BCUT2D eigenvalue weighted by Crippen LogP contribution is -2.82. The summed E-state index contributed by atoms with van der Waals surface area (Å²) in [7, 11) is 29.6. The van der Waals surface area contributed by atoms with E-state index in [1.54, 1.807) is 0 Å². The molecule has 0 rings (SSSR count). The number of aliphatic hydroxyl groups excluding tert-OH is 1. The maximum absolute atomic E-state index is 7.33. The number of hydrogen-bond donors (Lipinski definition) is 7. The summed E-state index contributed by atoms with van der Waals surface area (Å²) in [6.45, 7) is 31.2. The predicted molar refractivity (Wildman–Crippen MR) is 414 cm³/mol. The third-order valence-corrected chi connectivity index (χ3v) is 5.61. The van der Waals surface area contributed by atoms with E-state index in [1.165, 1.54) is 18.8 Å².